The molecule has 2 saturated heterocycles. The molecule has 0 bridgehead atoms. The van der Waals surface area contributed by atoms with E-state index in [0.29, 0.717) is 17.5 Å². The van der Waals surface area contributed by atoms with Gasteiger partial charge in [-0.3, -0.25) is 4.90 Å². The first-order valence-electron chi connectivity index (χ1n) is 4.32. The Labute approximate surface area is 72.9 Å². The molecule has 0 amide bonds. The van der Waals surface area contributed by atoms with Crippen molar-refractivity contribution >= 4 is 9.84 Å². The molecular weight excluding hydrogens is 176 g/mol. The Balaban J connectivity index is 1.87. The molecule has 0 aromatic carbocycles. The van der Waals surface area contributed by atoms with Crippen LogP contribution in [0, 0.1) is 0 Å². The molecule has 0 saturated carbocycles. The summed E-state index contributed by atoms with van der Waals surface area (Å²) in [4.78, 5) is 2.28. The van der Waals surface area contributed by atoms with Gasteiger partial charge in [0.1, 0.15) is 0 Å². The third-order valence-electron chi connectivity index (χ3n) is 2.56. The van der Waals surface area contributed by atoms with Gasteiger partial charge >= 0.3 is 0 Å². The van der Waals surface area contributed by atoms with Crippen molar-refractivity contribution < 1.29 is 8.42 Å². The Kier molecular flexibility index (Phi) is 2.10. The van der Waals surface area contributed by atoms with Crippen LogP contribution >= 0.6 is 0 Å². The second-order valence-electron chi connectivity index (χ2n) is 3.52. The molecule has 0 spiro atoms. The average molecular weight is 190 g/mol. The van der Waals surface area contributed by atoms with Crippen molar-refractivity contribution in [2.45, 2.75) is 6.04 Å². The third kappa shape index (κ3) is 1.62. The van der Waals surface area contributed by atoms with Crippen LogP contribution in [0.1, 0.15) is 0 Å². The Morgan fingerprint density at radius 3 is 2.25 bits per heavy atom. The second-order valence-corrected chi connectivity index (χ2v) is 5.67. The smallest absolute Gasteiger partial charge is 0.153 e. The second kappa shape index (κ2) is 2.97. The summed E-state index contributed by atoms with van der Waals surface area (Å²) >= 11 is 0. The van der Waals surface area contributed by atoms with Crippen LogP contribution < -0.4 is 5.32 Å². The standard InChI is InChI=1S/C7H14N2O2S/c10-12(11)5-7(6-12)9-3-1-8-2-4-9/h7-8H,1-6H2. The number of sulfone groups is 1. The minimum Gasteiger partial charge on any atom is -0.314 e. The first-order chi connectivity index (χ1) is 5.67. The fourth-order valence-electron chi connectivity index (χ4n) is 1.80. The van der Waals surface area contributed by atoms with Gasteiger partial charge in [0.05, 0.1) is 11.5 Å². The lowest BCUT2D eigenvalue weighted by Crippen LogP contribution is -2.58. The summed E-state index contributed by atoms with van der Waals surface area (Å²) in [6.45, 7) is 3.99. The Morgan fingerprint density at radius 2 is 1.75 bits per heavy atom. The van der Waals surface area contributed by atoms with E-state index in [1.807, 2.05) is 0 Å². The molecule has 2 heterocycles. The monoisotopic (exact) mass is 190 g/mol. The zero-order chi connectivity index (χ0) is 8.60. The van der Waals surface area contributed by atoms with Crippen molar-refractivity contribution in [2.75, 3.05) is 37.7 Å². The summed E-state index contributed by atoms with van der Waals surface area (Å²) in [6.07, 6.45) is 0. The van der Waals surface area contributed by atoms with Crippen molar-refractivity contribution in [3.63, 3.8) is 0 Å². The number of piperazine rings is 1. The van der Waals surface area contributed by atoms with E-state index in [1.54, 1.807) is 0 Å². The predicted octanol–water partition coefficient (Wildman–Crippen LogP) is -1.31. The summed E-state index contributed by atoms with van der Waals surface area (Å²) in [7, 11) is -2.64. The number of nitrogens with zero attached hydrogens (tertiary/aromatic N) is 1. The maximum absolute atomic E-state index is 10.9. The molecule has 0 unspecified atom stereocenters. The van der Waals surface area contributed by atoms with Gasteiger partial charge in [0.2, 0.25) is 0 Å². The lowest BCUT2D eigenvalue weighted by atomic mass is 10.2. The molecule has 2 aliphatic rings. The maximum Gasteiger partial charge on any atom is 0.153 e. The quantitative estimate of drug-likeness (QED) is 0.558. The van der Waals surface area contributed by atoms with Crippen molar-refractivity contribution in [3.8, 4) is 0 Å². The zero-order valence-corrected chi connectivity index (χ0v) is 7.81. The SMILES string of the molecule is O=S1(=O)CC(N2CCNCC2)C1. The van der Waals surface area contributed by atoms with Gasteiger partial charge in [-0.15, -0.1) is 0 Å². The van der Waals surface area contributed by atoms with E-state index in [0.717, 1.165) is 26.2 Å². The number of nitrogens with one attached hydrogen (secondary N) is 1. The van der Waals surface area contributed by atoms with Crippen LogP contribution in [0.25, 0.3) is 0 Å². The molecule has 2 fully saturated rings. The molecule has 4 nitrogen and oxygen atoms in total. The van der Waals surface area contributed by atoms with Crippen LogP contribution in [0.3, 0.4) is 0 Å². The number of hydrogen-bond acceptors (Lipinski definition) is 4. The van der Waals surface area contributed by atoms with E-state index < -0.39 is 9.84 Å². The van der Waals surface area contributed by atoms with Crippen LogP contribution in [0.2, 0.25) is 0 Å². The molecule has 12 heavy (non-hydrogen) atoms. The van der Waals surface area contributed by atoms with Gasteiger partial charge in [0.15, 0.2) is 9.84 Å². The van der Waals surface area contributed by atoms with Gasteiger partial charge in [0.25, 0.3) is 0 Å². The molecule has 0 atom stereocenters. The first-order valence-corrected chi connectivity index (χ1v) is 6.15. The van der Waals surface area contributed by atoms with E-state index >= 15 is 0 Å². The summed E-state index contributed by atoms with van der Waals surface area (Å²) in [5, 5.41) is 3.25. The van der Waals surface area contributed by atoms with Gasteiger partial charge in [0, 0.05) is 32.2 Å². The Hall–Kier alpha value is -0.130. The Morgan fingerprint density at radius 1 is 1.17 bits per heavy atom. The van der Waals surface area contributed by atoms with Gasteiger partial charge in [-0.25, -0.2) is 8.42 Å². The van der Waals surface area contributed by atoms with Crippen molar-refractivity contribution in [2.24, 2.45) is 0 Å². The van der Waals surface area contributed by atoms with E-state index in [9.17, 15) is 8.42 Å². The zero-order valence-electron chi connectivity index (χ0n) is 6.99. The highest BCUT2D eigenvalue weighted by molar-refractivity contribution is 7.92. The largest absolute Gasteiger partial charge is 0.314 e. The molecule has 0 aromatic rings. The highest BCUT2D eigenvalue weighted by atomic mass is 32.2. The minimum atomic E-state index is -2.64. The van der Waals surface area contributed by atoms with Crippen LogP contribution in [0.5, 0.6) is 0 Å². The number of hydrogen-bond donors (Lipinski definition) is 1. The third-order valence-corrected chi connectivity index (χ3v) is 4.35. The number of rotatable bonds is 1. The normalized spacial score (nSPS) is 31.3. The lowest BCUT2D eigenvalue weighted by molar-refractivity contribution is 0.189. The van der Waals surface area contributed by atoms with E-state index in [1.165, 1.54) is 0 Å². The molecule has 0 radical (unpaired) electrons. The van der Waals surface area contributed by atoms with Gasteiger partial charge in [-0.1, -0.05) is 0 Å². The summed E-state index contributed by atoms with van der Waals surface area (Å²) in [5.74, 6) is 0.764. The minimum absolute atomic E-state index is 0.317. The Bertz CT molecular complexity index is 245. The molecule has 0 aliphatic carbocycles. The lowest BCUT2D eigenvalue weighted by Gasteiger charge is -2.39. The average Bonchev–Trinajstić information content (AvgIpc) is 2.02. The molecule has 2 aliphatic heterocycles. The highest BCUT2D eigenvalue weighted by Crippen LogP contribution is 2.17. The van der Waals surface area contributed by atoms with Gasteiger partial charge in [-0.05, 0) is 0 Å². The maximum atomic E-state index is 10.9. The van der Waals surface area contributed by atoms with E-state index in [-0.39, 0.29) is 0 Å². The topological polar surface area (TPSA) is 49.4 Å². The first kappa shape index (κ1) is 8.47. The van der Waals surface area contributed by atoms with Crippen LogP contribution in [0.15, 0.2) is 0 Å². The van der Waals surface area contributed by atoms with Gasteiger partial charge in [-0.2, -0.15) is 0 Å². The molecular formula is C7H14N2O2S. The highest BCUT2D eigenvalue weighted by Gasteiger charge is 2.37. The van der Waals surface area contributed by atoms with Crippen molar-refractivity contribution in [1.82, 2.24) is 10.2 Å². The van der Waals surface area contributed by atoms with Crippen molar-refractivity contribution in [3.05, 3.63) is 0 Å². The fourth-order valence-corrected chi connectivity index (χ4v) is 3.29. The molecule has 2 rings (SSSR count). The summed E-state index contributed by atoms with van der Waals surface area (Å²) in [6, 6.07) is 0.317. The summed E-state index contributed by atoms with van der Waals surface area (Å²) < 4.78 is 21.8. The van der Waals surface area contributed by atoms with Crippen LogP contribution in [-0.4, -0.2) is 57.0 Å². The molecule has 5 heteroatoms. The fraction of sp³-hybridized carbons (Fsp3) is 1.00. The molecule has 70 valence electrons. The van der Waals surface area contributed by atoms with Gasteiger partial charge < -0.3 is 5.32 Å². The van der Waals surface area contributed by atoms with Crippen LogP contribution in [-0.2, 0) is 9.84 Å². The van der Waals surface area contributed by atoms with Crippen molar-refractivity contribution in [1.29, 1.82) is 0 Å². The summed E-state index contributed by atoms with van der Waals surface area (Å²) in [5.41, 5.74) is 0. The van der Waals surface area contributed by atoms with E-state index in [2.05, 4.69) is 10.2 Å². The van der Waals surface area contributed by atoms with Crippen LogP contribution in [0.4, 0.5) is 0 Å². The molecule has 0 aromatic heterocycles. The molecule has 1 N–H and O–H groups in total. The van der Waals surface area contributed by atoms with E-state index in [4.69, 9.17) is 0 Å². The predicted molar refractivity (Wildman–Crippen MR) is 46.9 cm³/mol.